The third-order valence-corrected chi connectivity index (χ3v) is 1.99. The standard InChI is InChI=1S/C11H20N6O2/c1-11(2,3)14-10(19)13-9(18)7-17-6-8(5-12-4)15-16-17/h6,12H,5,7H2,1-4H3,(H2,13,14,18,19). The van der Waals surface area contributed by atoms with Crippen molar-refractivity contribution in [2.24, 2.45) is 0 Å². The van der Waals surface area contributed by atoms with Crippen LogP contribution in [0.2, 0.25) is 0 Å². The molecule has 106 valence electrons. The highest BCUT2D eigenvalue weighted by atomic mass is 16.2. The van der Waals surface area contributed by atoms with Gasteiger partial charge in [0.25, 0.3) is 0 Å². The third kappa shape index (κ3) is 5.96. The molecule has 0 radical (unpaired) electrons. The van der Waals surface area contributed by atoms with Gasteiger partial charge in [-0.05, 0) is 27.8 Å². The molecule has 1 rings (SSSR count). The van der Waals surface area contributed by atoms with Crippen LogP contribution >= 0.6 is 0 Å². The fourth-order valence-corrected chi connectivity index (χ4v) is 1.36. The van der Waals surface area contributed by atoms with Gasteiger partial charge in [0.1, 0.15) is 6.54 Å². The van der Waals surface area contributed by atoms with E-state index in [2.05, 4.69) is 26.3 Å². The van der Waals surface area contributed by atoms with E-state index in [4.69, 9.17) is 0 Å². The highest BCUT2D eigenvalue weighted by molar-refractivity contribution is 5.94. The fourth-order valence-electron chi connectivity index (χ4n) is 1.36. The van der Waals surface area contributed by atoms with Crippen LogP contribution in [0.1, 0.15) is 26.5 Å². The molecular weight excluding hydrogens is 248 g/mol. The fraction of sp³-hybridized carbons (Fsp3) is 0.636. The molecule has 0 atom stereocenters. The average molecular weight is 268 g/mol. The second-order valence-electron chi connectivity index (χ2n) is 5.19. The molecule has 0 unspecified atom stereocenters. The second kappa shape index (κ2) is 6.28. The number of aromatic nitrogens is 3. The van der Waals surface area contributed by atoms with Crippen LogP contribution < -0.4 is 16.0 Å². The number of urea groups is 1. The first-order valence-electron chi connectivity index (χ1n) is 5.96. The lowest BCUT2D eigenvalue weighted by Gasteiger charge is -2.20. The van der Waals surface area contributed by atoms with Gasteiger partial charge in [0.15, 0.2) is 0 Å². The topological polar surface area (TPSA) is 101 Å². The summed E-state index contributed by atoms with van der Waals surface area (Å²) in [6.07, 6.45) is 1.65. The molecule has 0 bridgehead atoms. The Labute approximate surface area is 111 Å². The third-order valence-electron chi connectivity index (χ3n) is 1.99. The first-order valence-corrected chi connectivity index (χ1v) is 5.96. The summed E-state index contributed by atoms with van der Waals surface area (Å²) in [4.78, 5) is 23.1. The lowest BCUT2D eigenvalue weighted by molar-refractivity contribution is -0.120. The molecule has 8 heteroatoms. The van der Waals surface area contributed by atoms with Gasteiger partial charge in [0.05, 0.1) is 11.9 Å². The largest absolute Gasteiger partial charge is 0.333 e. The minimum absolute atomic E-state index is 0.0473. The first kappa shape index (κ1) is 15.1. The van der Waals surface area contributed by atoms with E-state index in [-0.39, 0.29) is 6.54 Å². The molecule has 3 amide bonds. The monoisotopic (exact) mass is 268 g/mol. The SMILES string of the molecule is CNCc1cn(CC(=O)NC(=O)NC(C)(C)C)nn1. The first-order chi connectivity index (χ1) is 8.80. The van der Waals surface area contributed by atoms with Crippen molar-refractivity contribution in [2.45, 2.75) is 39.4 Å². The maximum Gasteiger partial charge on any atom is 0.321 e. The molecule has 0 saturated carbocycles. The van der Waals surface area contributed by atoms with Gasteiger partial charge in [0, 0.05) is 12.1 Å². The molecule has 0 aliphatic carbocycles. The lowest BCUT2D eigenvalue weighted by Crippen LogP contribution is -2.48. The van der Waals surface area contributed by atoms with Crippen molar-refractivity contribution in [2.75, 3.05) is 7.05 Å². The van der Waals surface area contributed by atoms with E-state index in [1.807, 2.05) is 20.8 Å². The van der Waals surface area contributed by atoms with Crippen LogP contribution in [-0.4, -0.2) is 39.5 Å². The van der Waals surface area contributed by atoms with Crippen LogP contribution in [0.15, 0.2) is 6.20 Å². The van der Waals surface area contributed by atoms with E-state index in [1.54, 1.807) is 13.2 Å². The van der Waals surface area contributed by atoms with Gasteiger partial charge < -0.3 is 10.6 Å². The Morgan fingerprint density at radius 3 is 2.63 bits per heavy atom. The van der Waals surface area contributed by atoms with Crippen molar-refractivity contribution in [3.05, 3.63) is 11.9 Å². The van der Waals surface area contributed by atoms with Gasteiger partial charge >= 0.3 is 6.03 Å². The number of carbonyl (C=O) groups is 2. The number of amides is 3. The van der Waals surface area contributed by atoms with Crippen LogP contribution in [0.3, 0.4) is 0 Å². The summed E-state index contributed by atoms with van der Waals surface area (Å²) in [5.41, 5.74) is 0.340. The van der Waals surface area contributed by atoms with E-state index in [0.29, 0.717) is 6.54 Å². The van der Waals surface area contributed by atoms with Gasteiger partial charge in [-0.25, -0.2) is 9.48 Å². The summed E-state index contributed by atoms with van der Waals surface area (Å²) in [5, 5.41) is 15.5. The number of nitrogens with one attached hydrogen (secondary N) is 3. The molecule has 0 aliphatic heterocycles. The van der Waals surface area contributed by atoms with Crippen LogP contribution in [0, 0.1) is 0 Å². The zero-order valence-electron chi connectivity index (χ0n) is 11.6. The van der Waals surface area contributed by atoms with Gasteiger partial charge in [-0.3, -0.25) is 10.1 Å². The highest BCUT2D eigenvalue weighted by Crippen LogP contribution is 1.97. The zero-order chi connectivity index (χ0) is 14.5. The smallest absolute Gasteiger partial charge is 0.321 e. The van der Waals surface area contributed by atoms with Crippen molar-refractivity contribution < 1.29 is 9.59 Å². The predicted octanol–water partition coefficient (Wildman–Crippen LogP) is -0.378. The number of imide groups is 1. The Balaban J connectivity index is 2.44. The van der Waals surface area contributed by atoms with Gasteiger partial charge in [-0.2, -0.15) is 0 Å². The normalized spacial score (nSPS) is 11.2. The molecule has 3 N–H and O–H groups in total. The second-order valence-corrected chi connectivity index (χ2v) is 5.19. The van der Waals surface area contributed by atoms with Crippen molar-refractivity contribution in [1.82, 2.24) is 30.9 Å². The van der Waals surface area contributed by atoms with E-state index in [9.17, 15) is 9.59 Å². The van der Waals surface area contributed by atoms with Crippen molar-refractivity contribution in [3.63, 3.8) is 0 Å². The van der Waals surface area contributed by atoms with Crippen LogP contribution in [0.25, 0.3) is 0 Å². The van der Waals surface area contributed by atoms with E-state index >= 15 is 0 Å². The molecule has 0 aliphatic rings. The van der Waals surface area contributed by atoms with Crippen molar-refractivity contribution in [3.8, 4) is 0 Å². The molecule has 1 aromatic rings. The van der Waals surface area contributed by atoms with Crippen molar-refractivity contribution in [1.29, 1.82) is 0 Å². The maximum absolute atomic E-state index is 11.6. The summed E-state index contributed by atoms with van der Waals surface area (Å²) in [6, 6.07) is -0.520. The van der Waals surface area contributed by atoms with Gasteiger partial charge in [-0.1, -0.05) is 5.21 Å². The number of nitrogens with zero attached hydrogens (tertiary/aromatic N) is 3. The Kier molecular flexibility index (Phi) is 4.99. The quantitative estimate of drug-likeness (QED) is 0.691. The molecule has 19 heavy (non-hydrogen) atoms. The maximum atomic E-state index is 11.6. The molecule has 0 saturated heterocycles. The minimum atomic E-state index is -0.520. The van der Waals surface area contributed by atoms with E-state index < -0.39 is 17.5 Å². The summed E-state index contributed by atoms with van der Waals surface area (Å²) in [5.74, 6) is -0.442. The predicted molar refractivity (Wildman–Crippen MR) is 69.2 cm³/mol. The van der Waals surface area contributed by atoms with Crippen LogP contribution in [0.5, 0.6) is 0 Å². The van der Waals surface area contributed by atoms with Crippen LogP contribution in [0.4, 0.5) is 4.79 Å². The lowest BCUT2D eigenvalue weighted by atomic mass is 10.1. The molecule has 0 fully saturated rings. The van der Waals surface area contributed by atoms with Gasteiger partial charge in [0.2, 0.25) is 5.91 Å². The summed E-state index contributed by atoms with van der Waals surface area (Å²) in [6.45, 7) is 6.02. The van der Waals surface area contributed by atoms with Crippen LogP contribution in [-0.2, 0) is 17.9 Å². The molecule has 1 aromatic heterocycles. The highest BCUT2D eigenvalue weighted by Gasteiger charge is 2.16. The zero-order valence-corrected chi connectivity index (χ0v) is 11.6. The van der Waals surface area contributed by atoms with Gasteiger partial charge in [-0.15, -0.1) is 5.10 Å². The van der Waals surface area contributed by atoms with E-state index in [1.165, 1.54) is 4.68 Å². The van der Waals surface area contributed by atoms with E-state index in [0.717, 1.165) is 5.69 Å². The number of carbonyl (C=O) groups excluding carboxylic acids is 2. The Bertz CT molecular complexity index is 448. The summed E-state index contributed by atoms with van der Waals surface area (Å²) in [7, 11) is 1.79. The summed E-state index contributed by atoms with van der Waals surface area (Å²) >= 11 is 0. The average Bonchev–Trinajstić information content (AvgIpc) is 2.62. The Hall–Kier alpha value is -1.96. The molecule has 8 nitrogen and oxygen atoms in total. The molecule has 1 heterocycles. The summed E-state index contributed by atoms with van der Waals surface area (Å²) < 4.78 is 1.38. The number of hydrogen-bond acceptors (Lipinski definition) is 5. The minimum Gasteiger partial charge on any atom is -0.333 e. The Morgan fingerprint density at radius 1 is 1.37 bits per heavy atom. The number of rotatable bonds is 4. The van der Waals surface area contributed by atoms with Crippen molar-refractivity contribution >= 4 is 11.9 Å². The number of hydrogen-bond donors (Lipinski definition) is 3. The molecular formula is C11H20N6O2. The molecule has 0 aromatic carbocycles. The molecule has 0 spiro atoms. The Morgan fingerprint density at radius 2 is 2.05 bits per heavy atom.